The number of carbonyl (C=O) groups excluding carboxylic acids is 1. The lowest BCUT2D eigenvalue weighted by Gasteiger charge is -2.24. The second-order valence-corrected chi connectivity index (χ2v) is 5.37. The molecule has 0 bridgehead atoms. The van der Waals surface area contributed by atoms with E-state index < -0.39 is 0 Å². The minimum atomic E-state index is -0.0734. The third-order valence-corrected chi connectivity index (χ3v) is 3.24. The molecule has 106 valence electrons. The number of likely N-dealkylation sites (N-methyl/N-ethyl adjacent to an activating group) is 1. The van der Waals surface area contributed by atoms with Crippen molar-refractivity contribution in [2.75, 3.05) is 20.8 Å². The summed E-state index contributed by atoms with van der Waals surface area (Å²) in [7, 11) is 3.38. The van der Waals surface area contributed by atoms with Crippen LogP contribution in [0.1, 0.15) is 42.7 Å². The van der Waals surface area contributed by atoms with Crippen molar-refractivity contribution in [1.29, 1.82) is 0 Å². The van der Waals surface area contributed by atoms with Crippen LogP contribution in [0.25, 0.3) is 0 Å². The van der Waals surface area contributed by atoms with Gasteiger partial charge in [0, 0.05) is 25.4 Å². The quantitative estimate of drug-likeness (QED) is 0.781. The first-order valence-electron chi connectivity index (χ1n) is 6.30. The van der Waals surface area contributed by atoms with E-state index in [0.717, 1.165) is 5.69 Å². The van der Waals surface area contributed by atoms with Gasteiger partial charge in [-0.3, -0.25) is 4.79 Å². The Morgan fingerprint density at radius 3 is 2.58 bits per heavy atom. The van der Waals surface area contributed by atoms with Crippen molar-refractivity contribution in [2.24, 2.45) is 0 Å². The predicted octanol–water partition coefficient (Wildman–Crippen LogP) is 2.97. The summed E-state index contributed by atoms with van der Waals surface area (Å²) in [4.78, 5) is 18.3. The van der Waals surface area contributed by atoms with Crippen molar-refractivity contribution >= 4 is 17.5 Å². The van der Waals surface area contributed by atoms with Gasteiger partial charge in [-0.25, -0.2) is 4.98 Å². The Bertz CT molecular complexity index is 449. The number of rotatable bonds is 5. The molecule has 1 aromatic rings. The van der Waals surface area contributed by atoms with Crippen molar-refractivity contribution in [3.05, 3.63) is 28.5 Å². The van der Waals surface area contributed by atoms with E-state index in [1.54, 1.807) is 31.2 Å². The maximum Gasteiger partial charge on any atom is 0.254 e. The van der Waals surface area contributed by atoms with E-state index in [-0.39, 0.29) is 17.9 Å². The van der Waals surface area contributed by atoms with Crippen LogP contribution in [-0.2, 0) is 4.74 Å². The first kappa shape index (κ1) is 15.9. The normalized spacial score (nSPS) is 12.6. The molecular weight excluding hydrogens is 264 g/mol. The molecule has 1 rings (SSSR count). The van der Waals surface area contributed by atoms with Crippen LogP contribution in [0.4, 0.5) is 0 Å². The molecule has 0 aromatic carbocycles. The summed E-state index contributed by atoms with van der Waals surface area (Å²) in [5.41, 5.74) is 1.39. The molecule has 4 nitrogen and oxygen atoms in total. The molecule has 0 aliphatic heterocycles. The van der Waals surface area contributed by atoms with Crippen LogP contribution in [0.3, 0.4) is 0 Å². The molecule has 5 heteroatoms. The van der Waals surface area contributed by atoms with Crippen LogP contribution in [0.5, 0.6) is 0 Å². The van der Waals surface area contributed by atoms with Crippen LogP contribution >= 0.6 is 11.6 Å². The van der Waals surface area contributed by atoms with Gasteiger partial charge in [-0.1, -0.05) is 25.4 Å². The third-order valence-electron chi connectivity index (χ3n) is 3.04. The molecule has 0 saturated carbocycles. The third kappa shape index (κ3) is 4.18. The zero-order chi connectivity index (χ0) is 14.6. The molecule has 0 aliphatic carbocycles. The van der Waals surface area contributed by atoms with Gasteiger partial charge in [0.05, 0.1) is 12.6 Å². The number of aromatic nitrogens is 1. The van der Waals surface area contributed by atoms with E-state index in [2.05, 4.69) is 4.98 Å². The topological polar surface area (TPSA) is 42.4 Å². The monoisotopic (exact) mass is 284 g/mol. The molecule has 19 heavy (non-hydrogen) atoms. The smallest absolute Gasteiger partial charge is 0.254 e. The van der Waals surface area contributed by atoms with Crippen molar-refractivity contribution in [2.45, 2.75) is 32.7 Å². The van der Waals surface area contributed by atoms with Gasteiger partial charge in [0.2, 0.25) is 0 Å². The number of nitrogens with zero attached hydrogens (tertiary/aromatic N) is 2. The highest BCUT2D eigenvalue weighted by Crippen LogP contribution is 2.19. The molecule has 1 unspecified atom stereocenters. The summed E-state index contributed by atoms with van der Waals surface area (Å²) in [6.07, 6.45) is 0. The molecular formula is C14H21ClN2O2. The summed E-state index contributed by atoms with van der Waals surface area (Å²) >= 11 is 5.98. The molecule has 1 amide bonds. The number of hydrogen-bond donors (Lipinski definition) is 0. The maximum atomic E-state index is 12.4. The average molecular weight is 285 g/mol. The highest BCUT2D eigenvalue weighted by molar-refractivity contribution is 6.29. The van der Waals surface area contributed by atoms with E-state index in [1.165, 1.54) is 0 Å². The summed E-state index contributed by atoms with van der Waals surface area (Å²) in [6.45, 7) is 6.47. The van der Waals surface area contributed by atoms with E-state index in [0.29, 0.717) is 17.3 Å². The summed E-state index contributed by atoms with van der Waals surface area (Å²) in [5.74, 6) is 0.155. The number of hydrogen-bond acceptors (Lipinski definition) is 3. The van der Waals surface area contributed by atoms with E-state index in [1.807, 2.05) is 20.8 Å². The highest BCUT2D eigenvalue weighted by atomic mass is 35.5. The van der Waals surface area contributed by atoms with Crippen molar-refractivity contribution < 1.29 is 9.53 Å². The molecule has 0 saturated heterocycles. The number of ether oxygens (including phenoxy) is 1. The van der Waals surface area contributed by atoms with Crippen LogP contribution in [-0.4, -0.2) is 42.6 Å². The Morgan fingerprint density at radius 1 is 1.42 bits per heavy atom. The Labute approximate surface area is 119 Å². The minimum Gasteiger partial charge on any atom is -0.383 e. The van der Waals surface area contributed by atoms with Gasteiger partial charge in [0.15, 0.2) is 0 Å². The lowest BCUT2D eigenvalue weighted by Crippen LogP contribution is -2.37. The van der Waals surface area contributed by atoms with E-state index in [4.69, 9.17) is 16.3 Å². The minimum absolute atomic E-state index is 0.00643. The molecule has 1 atom stereocenters. The van der Waals surface area contributed by atoms with Gasteiger partial charge in [-0.05, 0) is 25.0 Å². The van der Waals surface area contributed by atoms with Gasteiger partial charge in [0.1, 0.15) is 5.15 Å². The van der Waals surface area contributed by atoms with Gasteiger partial charge in [-0.15, -0.1) is 0 Å². The fourth-order valence-corrected chi connectivity index (χ4v) is 1.91. The van der Waals surface area contributed by atoms with Crippen LogP contribution in [0, 0.1) is 0 Å². The number of amides is 1. The first-order valence-corrected chi connectivity index (χ1v) is 6.68. The van der Waals surface area contributed by atoms with Crippen molar-refractivity contribution in [3.63, 3.8) is 0 Å². The lowest BCUT2D eigenvalue weighted by molar-refractivity contribution is 0.0633. The maximum absolute atomic E-state index is 12.4. The molecule has 1 aromatic heterocycles. The highest BCUT2D eigenvalue weighted by Gasteiger charge is 2.19. The van der Waals surface area contributed by atoms with Crippen LogP contribution < -0.4 is 0 Å². The number of methoxy groups -OCH3 is 1. The van der Waals surface area contributed by atoms with Crippen molar-refractivity contribution in [3.8, 4) is 0 Å². The van der Waals surface area contributed by atoms with Gasteiger partial charge < -0.3 is 9.64 Å². The van der Waals surface area contributed by atoms with E-state index in [9.17, 15) is 4.79 Å². The molecule has 0 radical (unpaired) electrons. The number of carbonyl (C=O) groups is 1. The SMILES string of the molecule is COCC(C)N(C)C(=O)c1cc(Cl)nc(C(C)C)c1. The van der Waals surface area contributed by atoms with Gasteiger partial charge in [-0.2, -0.15) is 0 Å². The largest absolute Gasteiger partial charge is 0.383 e. The second kappa shape index (κ2) is 6.87. The Kier molecular flexibility index (Phi) is 5.76. The summed E-state index contributed by atoms with van der Waals surface area (Å²) in [5, 5.41) is 0.349. The molecule has 1 heterocycles. The molecule has 0 spiro atoms. The molecule has 0 N–H and O–H groups in total. The lowest BCUT2D eigenvalue weighted by atomic mass is 10.1. The molecule has 0 aliphatic rings. The van der Waals surface area contributed by atoms with Crippen LogP contribution in [0.15, 0.2) is 12.1 Å². The second-order valence-electron chi connectivity index (χ2n) is 4.98. The Balaban J connectivity index is 2.99. The van der Waals surface area contributed by atoms with Gasteiger partial charge >= 0.3 is 0 Å². The predicted molar refractivity (Wildman–Crippen MR) is 76.8 cm³/mol. The summed E-state index contributed by atoms with van der Waals surface area (Å²) < 4.78 is 5.06. The van der Waals surface area contributed by atoms with Crippen LogP contribution in [0.2, 0.25) is 5.15 Å². The fourth-order valence-electron chi connectivity index (χ4n) is 1.69. The first-order chi connectivity index (χ1) is 8.86. The summed E-state index contributed by atoms with van der Waals surface area (Å²) in [6, 6.07) is 3.41. The van der Waals surface area contributed by atoms with Crippen molar-refractivity contribution in [1.82, 2.24) is 9.88 Å². The van der Waals surface area contributed by atoms with E-state index >= 15 is 0 Å². The number of halogens is 1. The fraction of sp³-hybridized carbons (Fsp3) is 0.571. The Hall–Kier alpha value is -1.13. The van der Waals surface area contributed by atoms with Gasteiger partial charge in [0.25, 0.3) is 5.91 Å². The number of pyridine rings is 1. The zero-order valence-electron chi connectivity index (χ0n) is 12.1. The molecule has 0 fully saturated rings. The zero-order valence-corrected chi connectivity index (χ0v) is 12.9. The average Bonchev–Trinajstić information content (AvgIpc) is 2.36. The Morgan fingerprint density at radius 2 is 2.05 bits per heavy atom. The standard InChI is InChI=1S/C14H21ClN2O2/c1-9(2)12-6-11(7-13(15)16-12)14(18)17(4)10(3)8-19-5/h6-7,9-10H,8H2,1-5H3.